The van der Waals surface area contributed by atoms with Gasteiger partial charge >= 0.3 is 0 Å². The molecule has 5 heteroatoms. The smallest absolute Gasteiger partial charge is 0.248 e. The van der Waals surface area contributed by atoms with E-state index in [4.69, 9.17) is 10.5 Å². The number of nitrogens with one attached hydrogen (secondary N) is 1. The molecule has 0 radical (unpaired) electrons. The van der Waals surface area contributed by atoms with Gasteiger partial charge in [0.05, 0.1) is 6.61 Å². The van der Waals surface area contributed by atoms with Gasteiger partial charge in [0.1, 0.15) is 5.75 Å². The second-order valence-electron chi connectivity index (χ2n) is 7.67. The Morgan fingerprint density at radius 3 is 2.30 bits per heavy atom. The topological polar surface area (TPSA) is 81.4 Å². The molecule has 0 spiro atoms. The maximum atomic E-state index is 12.1. The quantitative estimate of drug-likeness (QED) is 0.719. The summed E-state index contributed by atoms with van der Waals surface area (Å²) in [6, 6.07) is 13.1. The molecular weight excluding hydrogens is 340 g/mol. The Hall–Kier alpha value is -2.82. The van der Waals surface area contributed by atoms with Crippen LogP contribution in [0.5, 0.6) is 5.75 Å². The van der Waals surface area contributed by atoms with Crippen LogP contribution < -0.4 is 15.8 Å². The van der Waals surface area contributed by atoms with Crippen molar-refractivity contribution in [2.45, 2.75) is 46.0 Å². The van der Waals surface area contributed by atoms with Crippen LogP contribution >= 0.6 is 0 Å². The molecule has 2 aromatic carbocycles. The predicted molar refractivity (Wildman–Crippen MR) is 108 cm³/mol. The highest BCUT2D eigenvalue weighted by Crippen LogP contribution is 2.24. The summed E-state index contributed by atoms with van der Waals surface area (Å²) in [6.07, 6.45) is 0.974. The molecule has 2 rings (SSSR count). The largest absolute Gasteiger partial charge is 0.494 e. The molecule has 0 fully saturated rings. The predicted octanol–water partition coefficient (Wildman–Crippen LogP) is 4.19. The molecule has 0 aliphatic heterocycles. The van der Waals surface area contributed by atoms with E-state index in [0.717, 1.165) is 11.3 Å². The number of amides is 2. The van der Waals surface area contributed by atoms with Crippen LogP contribution in [0.25, 0.3) is 0 Å². The Labute approximate surface area is 160 Å². The molecule has 2 amide bonds. The lowest BCUT2D eigenvalue weighted by Crippen LogP contribution is -2.15. The zero-order valence-electron chi connectivity index (χ0n) is 16.5. The number of carbonyl (C=O) groups excluding carboxylic acids is 2. The lowest BCUT2D eigenvalue weighted by molar-refractivity contribution is -0.116. The Bertz CT molecular complexity index is 805. The number of nitrogens with two attached hydrogens (primary N) is 1. The molecule has 144 valence electrons. The number of hydrogen-bond donors (Lipinski definition) is 2. The van der Waals surface area contributed by atoms with E-state index in [0.29, 0.717) is 30.7 Å². The lowest BCUT2D eigenvalue weighted by atomic mass is 9.87. The molecule has 0 atom stereocenters. The molecule has 0 aliphatic rings. The molecular formula is C22H28N2O3. The number of benzene rings is 2. The summed E-state index contributed by atoms with van der Waals surface area (Å²) < 4.78 is 5.70. The van der Waals surface area contributed by atoms with Gasteiger partial charge in [-0.05, 0) is 60.2 Å². The van der Waals surface area contributed by atoms with Crippen LogP contribution in [0.2, 0.25) is 0 Å². The minimum Gasteiger partial charge on any atom is -0.494 e. The summed E-state index contributed by atoms with van der Waals surface area (Å²) in [5.41, 5.74) is 8.51. The lowest BCUT2D eigenvalue weighted by Gasteiger charge is -2.19. The SMILES string of the molecule is Cc1cc(NC(=O)CCCOc2ccc(C(C)(C)C)cc2)ccc1C(N)=O. The fourth-order valence-electron chi connectivity index (χ4n) is 2.72. The van der Waals surface area contributed by atoms with Crippen LogP contribution in [0, 0.1) is 6.92 Å². The van der Waals surface area contributed by atoms with E-state index in [9.17, 15) is 9.59 Å². The van der Waals surface area contributed by atoms with E-state index in [1.165, 1.54) is 5.56 Å². The van der Waals surface area contributed by atoms with Gasteiger partial charge in [0.25, 0.3) is 0 Å². The number of primary amides is 1. The fourth-order valence-corrected chi connectivity index (χ4v) is 2.72. The van der Waals surface area contributed by atoms with Crippen molar-refractivity contribution < 1.29 is 14.3 Å². The highest BCUT2D eigenvalue weighted by Gasteiger charge is 2.13. The first-order valence-corrected chi connectivity index (χ1v) is 9.10. The number of aryl methyl sites for hydroxylation is 1. The molecule has 0 saturated carbocycles. The van der Waals surface area contributed by atoms with Crippen LogP contribution in [0.4, 0.5) is 5.69 Å². The molecule has 5 nitrogen and oxygen atoms in total. The van der Waals surface area contributed by atoms with Crippen molar-refractivity contribution in [3.8, 4) is 5.75 Å². The van der Waals surface area contributed by atoms with Crippen LogP contribution in [0.3, 0.4) is 0 Å². The van der Waals surface area contributed by atoms with Crippen molar-refractivity contribution in [2.24, 2.45) is 5.73 Å². The van der Waals surface area contributed by atoms with Crippen molar-refractivity contribution in [3.63, 3.8) is 0 Å². The van der Waals surface area contributed by atoms with Crippen molar-refractivity contribution in [3.05, 3.63) is 59.2 Å². The van der Waals surface area contributed by atoms with Crippen molar-refractivity contribution in [1.82, 2.24) is 0 Å². The summed E-state index contributed by atoms with van der Waals surface area (Å²) in [5.74, 6) is 0.243. The summed E-state index contributed by atoms with van der Waals surface area (Å²) in [7, 11) is 0. The summed E-state index contributed by atoms with van der Waals surface area (Å²) in [4.78, 5) is 23.3. The Morgan fingerprint density at radius 2 is 1.74 bits per heavy atom. The van der Waals surface area contributed by atoms with Crippen molar-refractivity contribution >= 4 is 17.5 Å². The normalized spacial score (nSPS) is 11.1. The molecule has 3 N–H and O–H groups in total. The van der Waals surface area contributed by atoms with Crippen molar-refractivity contribution in [1.29, 1.82) is 0 Å². The third kappa shape index (κ3) is 6.13. The van der Waals surface area contributed by atoms with Gasteiger partial charge in [0, 0.05) is 17.7 Å². The van der Waals surface area contributed by atoms with E-state index >= 15 is 0 Å². The third-order valence-electron chi connectivity index (χ3n) is 4.31. The first-order valence-electron chi connectivity index (χ1n) is 9.10. The number of carbonyl (C=O) groups is 2. The van der Waals surface area contributed by atoms with E-state index in [-0.39, 0.29) is 11.3 Å². The van der Waals surface area contributed by atoms with Crippen LogP contribution in [-0.4, -0.2) is 18.4 Å². The van der Waals surface area contributed by atoms with E-state index in [1.807, 2.05) is 12.1 Å². The molecule has 2 aromatic rings. The molecule has 0 unspecified atom stereocenters. The number of anilines is 1. The maximum absolute atomic E-state index is 12.1. The molecule has 0 aromatic heterocycles. The first kappa shape index (κ1) is 20.5. The summed E-state index contributed by atoms with van der Waals surface area (Å²) in [6.45, 7) is 8.77. The minimum atomic E-state index is -0.474. The van der Waals surface area contributed by atoms with Crippen LogP contribution in [0.1, 0.15) is 55.1 Å². The van der Waals surface area contributed by atoms with Gasteiger partial charge < -0.3 is 15.8 Å². The highest BCUT2D eigenvalue weighted by molar-refractivity contribution is 5.96. The van der Waals surface area contributed by atoms with Gasteiger partial charge in [-0.25, -0.2) is 0 Å². The van der Waals surface area contributed by atoms with Gasteiger partial charge in [-0.2, -0.15) is 0 Å². The minimum absolute atomic E-state index is 0.0899. The standard InChI is InChI=1S/C22H28N2O3/c1-15-14-17(9-12-19(15)21(23)26)24-20(25)6-5-13-27-18-10-7-16(8-11-18)22(2,3)4/h7-12,14H,5-6,13H2,1-4H3,(H2,23,26)(H,24,25). The second kappa shape index (κ2) is 8.71. The zero-order valence-corrected chi connectivity index (χ0v) is 16.5. The van der Waals surface area contributed by atoms with Gasteiger partial charge in [-0.3, -0.25) is 9.59 Å². The summed E-state index contributed by atoms with van der Waals surface area (Å²) in [5, 5.41) is 2.83. The Kier molecular flexibility index (Phi) is 6.61. The molecule has 27 heavy (non-hydrogen) atoms. The number of hydrogen-bond acceptors (Lipinski definition) is 3. The average Bonchev–Trinajstić information content (AvgIpc) is 2.58. The zero-order chi connectivity index (χ0) is 20.0. The van der Waals surface area contributed by atoms with Gasteiger partial charge in [-0.15, -0.1) is 0 Å². The Morgan fingerprint density at radius 1 is 1.07 bits per heavy atom. The fraction of sp³-hybridized carbons (Fsp3) is 0.364. The highest BCUT2D eigenvalue weighted by atomic mass is 16.5. The van der Waals surface area contributed by atoms with Crippen LogP contribution in [0.15, 0.2) is 42.5 Å². The Balaban J connectivity index is 1.76. The van der Waals surface area contributed by atoms with E-state index < -0.39 is 5.91 Å². The molecule has 0 heterocycles. The average molecular weight is 368 g/mol. The van der Waals surface area contributed by atoms with Crippen molar-refractivity contribution in [2.75, 3.05) is 11.9 Å². The van der Waals surface area contributed by atoms with Gasteiger partial charge in [-0.1, -0.05) is 32.9 Å². The maximum Gasteiger partial charge on any atom is 0.248 e. The molecule has 0 saturated heterocycles. The first-order chi connectivity index (χ1) is 12.7. The molecule has 0 bridgehead atoms. The molecule has 0 aliphatic carbocycles. The number of rotatable bonds is 7. The second-order valence-corrected chi connectivity index (χ2v) is 7.67. The van der Waals surface area contributed by atoms with Gasteiger partial charge in [0.15, 0.2) is 0 Å². The van der Waals surface area contributed by atoms with Gasteiger partial charge in [0.2, 0.25) is 11.8 Å². The number of ether oxygens (including phenoxy) is 1. The van der Waals surface area contributed by atoms with Crippen LogP contribution in [-0.2, 0) is 10.2 Å². The third-order valence-corrected chi connectivity index (χ3v) is 4.31. The van der Waals surface area contributed by atoms with E-state index in [2.05, 4.69) is 38.2 Å². The monoisotopic (exact) mass is 368 g/mol. The van der Waals surface area contributed by atoms with E-state index in [1.54, 1.807) is 25.1 Å². The summed E-state index contributed by atoms with van der Waals surface area (Å²) >= 11 is 0.